The molecular formula is C16H25N3O2. The minimum atomic E-state index is 0.0127. The molecule has 1 saturated heterocycles. The molecule has 5 heteroatoms. The van der Waals surface area contributed by atoms with Gasteiger partial charge in [-0.15, -0.1) is 0 Å². The summed E-state index contributed by atoms with van der Waals surface area (Å²) < 4.78 is 5.09. The number of anilines is 2. The molecular weight excluding hydrogens is 266 g/mol. The molecule has 1 fully saturated rings. The van der Waals surface area contributed by atoms with Crippen molar-refractivity contribution in [2.24, 2.45) is 0 Å². The van der Waals surface area contributed by atoms with Gasteiger partial charge in [0.05, 0.1) is 18.5 Å². The molecule has 0 aliphatic carbocycles. The van der Waals surface area contributed by atoms with Crippen LogP contribution in [0.25, 0.3) is 0 Å². The number of hydrogen-bond acceptors (Lipinski definition) is 4. The van der Waals surface area contributed by atoms with Crippen LogP contribution in [-0.4, -0.2) is 37.0 Å². The predicted octanol–water partition coefficient (Wildman–Crippen LogP) is 2.48. The number of carbonyl (C=O) groups is 1. The molecule has 2 rings (SSSR count). The Morgan fingerprint density at radius 2 is 2.33 bits per heavy atom. The van der Waals surface area contributed by atoms with Crippen LogP contribution in [0.5, 0.6) is 5.75 Å². The molecule has 21 heavy (non-hydrogen) atoms. The fourth-order valence-electron chi connectivity index (χ4n) is 2.76. The second-order valence-electron chi connectivity index (χ2n) is 5.63. The Morgan fingerprint density at radius 3 is 2.95 bits per heavy atom. The standard InChI is InChI=1S/C16H25N3O2/c1-12-5-3-9-19(12)10-4-6-16(20)18-15-8-7-13(21-2)11-14(15)17/h7-8,11-12H,3-6,9-10,17H2,1-2H3,(H,18,20). The summed E-state index contributed by atoms with van der Waals surface area (Å²) in [6.07, 6.45) is 3.95. The smallest absolute Gasteiger partial charge is 0.224 e. The zero-order chi connectivity index (χ0) is 15.2. The molecule has 0 spiro atoms. The fraction of sp³-hybridized carbons (Fsp3) is 0.562. The molecule has 0 bridgehead atoms. The van der Waals surface area contributed by atoms with Crippen LogP contribution < -0.4 is 15.8 Å². The number of ether oxygens (including phenoxy) is 1. The Morgan fingerprint density at radius 1 is 1.52 bits per heavy atom. The van der Waals surface area contributed by atoms with Crippen LogP contribution in [0.3, 0.4) is 0 Å². The van der Waals surface area contributed by atoms with Gasteiger partial charge in [0, 0.05) is 18.5 Å². The number of likely N-dealkylation sites (tertiary alicyclic amines) is 1. The normalized spacial score (nSPS) is 18.7. The molecule has 0 saturated carbocycles. The van der Waals surface area contributed by atoms with E-state index in [1.54, 1.807) is 25.3 Å². The molecule has 1 atom stereocenters. The van der Waals surface area contributed by atoms with E-state index in [1.165, 1.54) is 12.8 Å². The number of rotatable bonds is 6. The average Bonchev–Trinajstić information content (AvgIpc) is 2.87. The van der Waals surface area contributed by atoms with E-state index < -0.39 is 0 Å². The van der Waals surface area contributed by atoms with Crippen LogP contribution in [0.4, 0.5) is 11.4 Å². The van der Waals surface area contributed by atoms with Crippen LogP contribution >= 0.6 is 0 Å². The first kappa shape index (κ1) is 15.6. The molecule has 5 nitrogen and oxygen atoms in total. The van der Waals surface area contributed by atoms with Crippen molar-refractivity contribution < 1.29 is 9.53 Å². The molecule has 116 valence electrons. The highest BCUT2D eigenvalue weighted by Crippen LogP contribution is 2.24. The molecule has 1 aliphatic rings. The highest BCUT2D eigenvalue weighted by molar-refractivity contribution is 5.93. The van der Waals surface area contributed by atoms with E-state index in [4.69, 9.17) is 10.5 Å². The lowest BCUT2D eigenvalue weighted by atomic mass is 10.2. The van der Waals surface area contributed by atoms with Gasteiger partial charge in [-0.25, -0.2) is 0 Å². The maximum absolute atomic E-state index is 12.0. The van der Waals surface area contributed by atoms with Crippen LogP contribution in [0.1, 0.15) is 32.6 Å². The number of nitrogens with one attached hydrogen (secondary N) is 1. The molecule has 0 aromatic heterocycles. The monoisotopic (exact) mass is 291 g/mol. The third kappa shape index (κ3) is 4.36. The van der Waals surface area contributed by atoms with Crippen LogP contribution in [-0.2, 0) is 4.79 Å². The number of nitrogen functional groups attached to an aromatic ring is 1. The third-order valence-electron chi connectivity index (χ3n) is 4.07. The van der Waals surface area contributed by atoms with E-state index in [0.717, 1.165) is 19.5 Å². The van der Waals surface area contributed by atoms with E-state index >= 15 is 0 Å². The summed E-state index contributed by atoms with van der Waals surface area (Å²) in [5, 5.41) is 2.86. The van der Waals surface area contributed by atoms with Gasteiger partial charge in [0.15, 0.2) is 0 Å². The lowest BCUT2D eigenvalue weighted by Gasteiger charge is -2.20. The van der Waals surface area contributed by atoms with Crippen LogP contribution in [0.2, 0.25) is 0 Å². The maximum atomic E-state index is 12.0. The van der Waals surface area contributed by atoms with E-state index in [-0.39, 0.29) is 5.91 Å². The average molecular weight is 291 g/mol. The van der Waals surface area contributed by atoms with Gasteiger partial charge in [-0.05, 0) is 51.4 Å². The summed E-state index contributed by atoms with van der Waals surface area (Å²) in [6.45, 7) is 4.41. The van der Waals surface area contributed by atoms with Gasteiger partial charge in [-0.1, -0.05) is 0 Å². The zero-order valence-corrected chi connectivity index (χ0v) is 12.9. The summed E-state index contributed by atoms with van der Waals surface area (Å²) >= 11 is 0. The lowest BCUT2D eigenvalue weighted by Crippen LogP contribution is -2.28. The van der Waals surface area contributed by atoms with Crippen LogP contribution in [0, 0.1) is 0 Å². The first-order valence-electron chi connectivity index (χ1n) is 7.57. The molecule has 1 aromatic rings. The summed E-state index contributed by atoms with van der Waals surface area (Å²) in [7, 11) is 1.59. The number of nitrogens with two attached hydrogens (primary N) is 1. The SMILES string of the molecule is COc1ccc(NC(=O)CCCN2CCCC2C)c(N)c1. The summed E-state index contributed by atoms with van der Waals surface area (Å²) in [6, 6.07) is 5.93. The molecule has 1 heterocycles. The van der Waals surface area contributed by atoms with Gasteiger partial charge in [-0.3, -0.25) is 4.79 Å². The summed E-state index contributed by atoms with van der Waals surface area (Å²) in [5.41, 5.74) is 7.06. The van der Waals surface area contributed by atoms with E-state index in [2.05, 4.69) is 17.1 Å². The first-order chi connectivity index (χ1) is 10.1. The molecule has 1 amide bonds. The van der Waals surface area contributed by atoms with Gasteiger partial charge in [0.25, 0.3) is 0 Å². The minimum absolute atomic E-state index is 0.0127. The Kier molecular flexibility index (Phi) is 5.44. The van der Waals surface area contributed by atoms with Gasteiger partial charge >= 0.3 is 0 Å². The predicted molar refractivity (Wildman–Crippen MR) is 85.5 cm³/mol. The third-order valence-corrected chi connectivity index (χ3v) is 4.07. The second-order valence-corrected chi connectivity index (χ2v) is 5.63. The van der Waals surface area contributed by atoms with Crippen molar-refractivity contribution in [3.05, 3.63) is 18.2 Å². The largest absolute Gasteiger partial charge is 0.497 e. The zero-order valence-electron chi connectivity index (χ0n) is 12.9. The molecule has 3 N–H and O–H groups in total. The number of carbonyl (C=O) groups excluding carboxylic acids is 1. The fourth-order valence-corrected chi connectivity index (χ4v) is 2.76. The molecule has 0 radical (unpaired) electrons. The maximum Gasteiger partial charge on any atom is 0.224 e. The van der Waals surface area contributed by atoms with E-state index in [1.807, 2.05) is 0 Å². The van der Waals surface area contributed by atoms with Crippen molar-refractivity contribution in [1.82, 2.24) is 4.90 Å². The van der Waals surface area contributed by atoms with Crippen molar-refractivity contribution in [3.63, 3.8) is 0 Å². The van der Waals surface area contributed by atoms with Crippen molar-refractivity contribution in [2.75, 3.05) is 31.2 Å². The Hall–Kier alpha value is -1.75. The second kappa shape index (κ2) is 7.31. The molecule has 1 unspecified atom stereocenters. The quantitative estimate of drug-likeness (QED) is 0.790. The Bertz CT molecular complexity index is 490. The van der Waals surface area contributed by atoms with Crippen molar-refractivity contribution in [3.8, 4) is 5.75 Å². The topological polar surface area (TPSA) is 67.6 Å². The Labute approximate surface area is 126 Å². The van der Waals surface area contributed by atoms with E-state index in [9.17, 15) is 4.79 Å². The number of hydrogen-bond donors (Lipinski definition) is 2. The van der Waals surface area contributed by atoms with Crippen molar-refractivity contribution in [1.29, 1.82) is 0 Å². The van der Waals surface area contributed by atoms with Crippen molar-refractivity contribution >= 4 is 17.3 Å². The van der Waals surface area contributed by atoms with Gasteiger partial charge in [0.2, 0.25) is 5.91 Å². The van der Waals surface area contributed by atoms with Crippen LogP contribution in [0.15, 0.2) is 18.2 Å². The number of amides is 1. The van der Waals surface area contributed by atoms with Gasteiger partial charge in [-0.2, -0.15) is 0 Å². The number of nitrogens with zero attached hydrogens (tertiary/aromatic N) is 1. The van der Waals surface area contributed by atoms with Gasteiger partial charge < -0.3 is 20.7 Å². The van der Waals surface area contributed by atoms with E-state index in [0.29, 0.717) is 29.6 Å². The molecule has 1 aromatic carbocycles. The Balaban J connectivity index is 1.76. The minimum Gasteiger partial charge on any atom is -0.497 e. The van der Waals surface area contributed by atoms with Crippen molar-refractivity contribution in [2.45, 2.75) is 38.6 Å². The number of benzene rings is 1. The lowest BCUT2D eigenvalue weighted by molar-refractivity contribution is -0.116. The first-order valence-corrected chi connectivity index (χ1v) is 7.57. The summed E-state index contributed by atoms with van der Waals surface area (Å²) in [5.74, 6) is 0.701. The highest BCUT2D eigenvalue weighted by Gasteiger charge is 2.19. The van der Waals surface area contributed by atoms with Gasteiger partial charge in [0.1, 0.15) is 5.75 Å². The molecule has 1 aliphatic heterocycles. The summed E-state index contributed by atoms with van der Waals surface area (Å²) in [4.78, 5) is 14.4. The number of methoxy groups -OCH3 is 1. The highest BCUT2D eigenvalue weighted by atomic mass is 16.5.